The Hall–Kier alpha value is -1.07. The van der Waals surface area contributed by atoms with Gasteiger partial charge in [0.05, 0.1) is 18.0 Å². The maximum Gasteiger partial charge on any atom is 0.287 e. The van der Waals surface area contributed by atoms with Crippen molar-refractivity contribution in [3.8, 4) is 0 Å². The van der Waals surface area contributed by atoms with E-state index in [1.807, 2.05) is 0 Å². The molecule has 0 aliphatic carbocycles. The molecule has 3 heterocycles. The summed E-state index contributed by atoms with van der Waals surface area (Å²) in [5.74, 6) is 0. The van der Waals surface area contributed by atoms with Crippen LogP contribution in [0.25, 0.3) is 0 Å². The Labute approximate surface area is 110 Å². The van der Waals surface area contributed by atoms with E-state index in [1.54, 1.807) is 13.2 Å². The first kappa shape index (κ1) is 12.0. The molecule has 3 rings (SSSR count). The molecule has 1 aromatic rings. The maximum absolute atomic E-state index is 11.8. The second kappa shape index (κ2) is 4.24. The van der Waals surface area contributed by atoms with E-state index in [-0.39, 0.29) is 28.8 Å². The highest BCUT2D eigenvalue weighted by molar-refractivity contribution is 6.33. The van der Waals surface area contributed by atoms with E-state index < -0.39 is 0 Å². The minimum Gasteiger partial charge on any atom is -0.393 e. The number of fused-ring (bicyclic) bond motifs is 2. The molecule has 0 amide bonds. The van der Waals surface area contributed by atoms with Gasteiger partial charge in [0.1, 0.15) is 5.02 Å². The summed E-state index contributed by atoms with van der Waals surface area (Å²) in [5.41, 5.74) is 0.457. The van der Waals surface area contributed by atoms with Crippen LogP contribution in [0.4, 0.5) is 5.69 Å². The van der Waals surface area contributed by atoms with Crippen LogP contribution in [0, 0.1) is 0 Å². The smallest absolute Gasteiger partial charge is 0.287 e. The first-order valence-electron chi connectivity index (χ1n) is 6.26. The number of hydrogen-bond donors (Lipinski definition) is 1. The molecule has 2 aliphatic heterocycles. The number of rotatable bonds is 1. The number of aromatic nitrogens is 2. The molecule has 2 fully saturated rings. The van der Waals surface area contributed by atoms with Crippen LogP contribution in [0.3, 0.4) is 0 Å². The van der Waals surface area contributed by atoms with Crippen molar-refractivity contribution in [2.24, 2.45) is 7.05 Å². The fourth-order valence-electron chi connectivity index (χ4n) is 3.22. The van der Waals surface area contributed by atoms with E-state index in [0.29, 0.717) is 0 Å². The lowest BCUT2D eigenvalue weighted by Crippen LogP contribution is -2.45. The van der Waals surface area contributed by atoms with Crippen LogP contribution in [0.2, 0.25) is 5.02 Å². The SMILES string of the molecule is Cn1ncc(N2C3CCC2CC(O)C3)c(Cl)c1=O. The largest absolute Gasteiger partial charge is 0.393 e. The number of hydrogen-bond acceptors (Lipinski definition) is 4. The molecule has 0 aromatic carbocycles. The molecule has 2 aliphatic rings. The summed E-state index contributed by atoms with van der Waals surface area (Å²) in [6.07, 6.45) is 5.04. The van der Waals surface area contributed by atoms with Crippen molar-refractivity contribution in [2.45, 2.75) is 43.9 Å². The third kappa shape index (κ3) is 1.73. The highest BCUT2D eigenvalue weighted by atomic mass is 35.5. The highest BCUT2D eigenvalue weighted by Crippen LogP contribution is 2.40. The molecule has 5 nitrogen and oxygen atoms in total. The zero-order chi connectivity index (χ0) is 12.9. The first-order chi connectivity index (χ1) is 8.58. The number of nitrogens with zero attached hydrogens (tertiary/aromatic N) is 3. The Bertz CT molecular complexity index is 517. The molecule has 0 spiro atoms. The van der Waals surface area contributed by atoms with Gasteiger partial charge >= 0.3 is 0 Å². The number of anilines is 1. The van der Waals surface area contributed by atoms with E-state index in [2.05, 4.69) is 10.00 Å². The maximum atomic E-state index is 11.8. The molecule has 1 aromatic heterocycles. The molecule has 2 unspecified atom stereocenters. The van der Waals surface area contributed by atoms with Crippen LogP contribution in [0.15, 0.2) is 11.0 Å². The van der Waals surface area contributed by atoms with Crippen molar-refractivity contribution in [1.82, 2.24) is 9.78 Å². The average molecular weight is 270 g/mol. The minimum atomic E-state index is -0.264. The molecule has 0 radical (unpaired) electrons. The van der Waals surface area contributed by atoms with Gasteiger partial charge in [-0.3, -0.25) is 4.79 Å². The van der Waals surface area contributed by atoms with Crippen molar-refractivity contribution < 1.29 is 5.11 Å². The van der Waals surface area contributed by atoms with Gasteiger partial charge in [-0.2, -0.15) is 5.10 Å². The van der Waals surface area contributed by atoms with Gasteiger partial charge in [0, 0.05) is 19.1 Å². The summed E-state index contributed by atoms with van der Waals surface area (Å²) in [5, 5.41) is 14.1. The van der Waals surface area contributed by atoms with Crippen LogP contribution in [-0.2, 0) is 7.05 Å². The molecule has 2 saturated heterocycles. The molecule has 98 valence electrons. The van der Waals surface area contributed by atoms with Crippen molar-refractivity contribution in [3.63, 3.8) is 0 Å². The number of piperidine rings is 1. The van der Waals surface area contributed by atoms with Gasteiger partial charge in [0.2, 0.25) is 0 Å². The van der Waals surface area contributed by atoms with E-state index in [9.17, 15) is 9.90 Å². The quantitative estimate of drug-likeness (QED) is 0.824. The molecular formula is C12H16ClN3O2. The van der Waals surface area contributed by atoms with Gasteiger partial charge in [-0.15, -0.1) is 0 Å². The molecule has 2 bridgehead atoms. The predicted octanol–water partition coefficient (Wildman–Crippen LogP) is 0.926. The van der Waals surface area contributed by atoms with Crippen LogP contribution in [-0.4, -0.2) is 33.1 Å². The van der Waals surface area contributed by atoms with Crippen molar-refractivity contribution >= 4 is 17.3 Å². The molecule has 18 heavy (non-hydrogen) atoms. The Kier molecular flexibility index (Phi) is 2.83. The van der Waals surface area contributed by atoms with Crippen LogP contribution in [0.5, 0.6) is 0 Å². The monoisotopic (exact) mass is 269 g/mol. The number of aryl methyl sites for hydroxylation is 1. The van der Waals surface area contributed by atoms with Crippen molar-refractivity contribution in [1.29, 1.82) is 0 Å². The molecule has 6 heteroatoms. The van der Waals surface area contributed by atoms with E-state index in [0.717, 1.165) is 31.4 Å². The normalized spacial score (nSPS) is 30.8. The van der Waals surface area contributed by atoms with Crippen LogP contribution in [0.1, 0.15) is 25.7 Å². The van der Waals surface area contributed by atoms with Gasteiger partial charge in [-0.25, -0.2) is 4.68 Å². The van der Waals surface area contributed by atoms with E-state index >= 15 is 0 Å². The Morgan fingerprint density at radius 2 is 2.00 bits per heavy atom. The Morgan fingerprint density at radius 3 is 2.61 bits per heavy atom. The molecular weight excluding hydrogens is 254 g/mol. The van der Waals surface area contributed by atoms with Crippen LogP contribution >= 0.6 is 11.6 Å². The fourth-order valence-corrected chi connectivity index (χ4v) is 3.49. The van der Waals surface area contributed by atoms with Gasteiger partial charge < -0.3 is 10.0 Å². The zero-order valence-corrected chi connectivity index (χ0v) is 11.0. The van der Waals surface area contributed by atoms with Crippen LogP contribution < -0.4 is 10.5 Å². The first-order valence-corrected chi connectivity index (χ1v) is 6.64. The second-order valence-corrected chi connectivity index (χ2v) is 5.57. The standard InChI is InChI=1S/C12H16ClN3O2/c1-15-12(18)11(13)10(6-14-15)16-7-2-3-8(16)5-9(17)4-7/h6-9,17H,2-5H2,1H3. The number of aliphatic hydroxyl groups is 1. The topological polar surface area (TPSA) is 58.4 Å². The van der Waals surface area contributed by atoms with Gasteiger partial charge in [0.25, 0.3) is 5.56 Å². The summed E-state index contributed by atoms with van der Waals surface area (Å²) >= 11 is 6.15. The fraction of sp³-hybridized carbons (Fsp3) is 0.667. The van der Waals surface area contributed by atoms with Crippen molar-refractivity contribution in [2.75, 3.05) is 4.90 Å². The van der Waals surface area contributed by atoms with Gasteiger partial charge in [-0.05, 0) is 25.7 Å². The highest BCUT2D eigenvalue weighted by Gasteiger charge is 2.41. The summed E-state index contributed by atoms with van der Waals surface area (Å²) in [4.78, 5) is 14.0. The third-order valence-electron chi connectivity index (χ3n) is 4.05. The molecule has 0 saturated carbocycles. The van der Waals surface area contributed by atoms with Crippen molar-refractivity contribution in [3.05, 3.63) is 21.6 Å². The third-order valence-corrected chi connectivity index (χ3v) is 4.40. The summed E-state index contributed by atoms with van der Waals surface area (Å²) < 4.78 is 1.24. The lowest BCUT2D eigenvalue weighted by Gasteiger charge is -2.39. The van der Waals surface area contributed by atoms with E-state index in [4.69, 9.17) is 11.6 Å². The zero-order valence-electron chi connectivity index (χ0n) is 10.2. The number of halogens is 1. The number of aliphatic hydroxyl groups excluding tert-OH is 1. The summed E-state index contributed by atoms with van der Waals surface area (Å²) in [7, 11) is 1.59. The Balaban J connectivity index is 2.02. The second-order valence-electron chi connectivity index (χ2n) is 5.19. The lowest BCUT2D eigenvalue weighted by molar-refractivity contribution is 0.126. The average Bonchev–Trinajstić information content (AvgIpc) is 2.59. The van der Waals surface area contributed by atoms with Gasteiger partial charge in [-0.1, -0.05) is 11.6 Å². The summed E-state index contributed by atoms with van der Waals surface area (Å²) in [6, 6.07) is 0.565. The summed E-state index contributed by atoms with van der Waals surface area (Å²) in [6.45, 7) is 0. The van der Waals surface area contributed by atoms with Gasteiger partial charge in [0.15, 0.2) is 0 Å². The molecule has 2 atom stereocenters. The Morgan fingerprint density at radius 1 is 1.39 bits per heavy atom. The lowest BCUT2D eigenvalue weighted by atomic mass is 9.99. The minimum absolute atomic E-state index is 0.225. The molecule has 1 N–H and O–H groups in total. The van der Waals surface area contributed by atoms with E-state index in [1.165, 1.54) is 4.68 Å². The predicted molar refractivity (Wildman–Crippen MR) is 69.0 cm³/mol.